The molecule has 0 fully saturated rings. The highest BCUT2D eigenvalue weighted by Gasteiger charge is 2.14. The van der Waals surface area contributed by atoms with Gasteiger partial charge in [-0.1, -0.05) is 31.6 Å². The van der Waals surface area contributed by atoms with Gasteiger partial charge in [-0.05, 0) is 59.9 Å². The molecule has 140 valence electrons. The Bertz CT molecular complexity index is 1090. The van der Waals surface area contributed by atoms with Crippen molar-refractivity contribution in [2.45, 2.75) is 33.2 Å². The number of halogens is 1. The number of carbonyl (C=O) groups is 1. The third-order valence-electron chi connectivity index (χ3n) is 4.41. The van der Waals surface area contributed by atoms with Crippen LogP contribution in [0.25, 0.3) is 16.7 Å². The van der Waals surface area contributed by atoms with Gasteiger partial charge in [0.2, 0.25) is 5.91 Å². The Balaban J connectivity index is 2.14. The van der Waals surface area contributed by atoms with Crippen molar-refractivity contribution in [3.05, 3.63) is 75.5 Å². The van der Waals surface area contributed by atoms with Crippen molar-refractivity contribution < 1.29 is 13.6 Å². The summed E-state index contributed by atoms with van der Waals surface area (Å²) in [6.45, 7) is 3.71. The number of oxazole rings is 1. The molecule has 1 amide bonds. The van der Waals surface area contributed by atoms with Gasteiger partial charge >= 0.3 is 5.76 Å². The highest BCUT2D eigenvalue weighted by Crippen LogP contribution is 2.29. The number of aryl methyl sites for hydroxylation is 1. The molecule has 3 aromatic rings. The minimum absolute atomic E-state index is 0.235. The van der Waals surface area contributed by atoms with Gasteiger partial charge in [0, 0.05) is 0 Å². The van der Waals surface area contributed by atoms with E-state index < -0.39 is 11.7 Å². The zero-order valence-electron chi connectivity index (χ0n) is 15.3. The van der Waals surface area contributed by atoms with E-state index in [0.717, 1.165) is 35.1 Å². The van der Waals surface area contributed by atoms with Crippen LogP contribution >= 0.6 is 0 Å². The Labute approximate surface area is 155 Å². The van der Waals surface area contributed by atoms with Gasteiger partial charge in [0.05, 0.1) is 5.52 Å². The number of aromatic nitrogens is 1. The minimum atomic E-state index is -0.627. The Morgan fingerprint density at radius 2 is 2.04 bits per heavy atom. The van der Waals surface area contributed by atoms with Crippen molar-refractivity contribution in [3.8, 4) is 0 Å². The summed E-state index contributed by atoms with van der Waals surface area (Å²) < 4.78 is 20.0. The molecule has 0 saturated heterocycles. The number of benzene rings is 2. The van der Waals surface area contributed by atoms with E-state index in [2.05, 4.69) is 13.0 Å². The lowest BCUT2D eigenvalue weighted by Gasteiger charge is -2.12. The number of primary amides is 1. The predicted octanol–water partition coefficient (Wildman–Crippen LogP) is 3.76. The first kappa shape index (κ1) is 18.6. The fraction of sp³-hybridized carbons (Fsp3) is 0.238. The molecule has 2 N–H and O–H groups in total. The van der Waals surface area contributed by atoms with Gasteiger partial charge in [-0.3, -0.25) is 9.36 Å². The molecule has 5 nitrogen and oxygen atoms in total. The van der Waals surface area contributed by atoms with Gasteiger partial charge in [-0.2, -0.15) is 0 Å². The van der Waals surface area contributed by atoms with E-state index in [0.29, 0.717) is 11.1 Å². The van der Waals surface area contributed by atoms with Crippen molar-refractivity contribution >= 4 is 22.6 Å². The zero-order valence-corrected chi connectivity index (χ0v) is 15.3. The third-order valence-corrected chi connectivity index (χ3v) is 4.41. The lowest BCUT2D eigenvalue weighted by Crippen LogP contribution is -2.24. The quantitative estimate of drug-likeness (QED) is 0.719. The van der Waals surface area contributed by atoms with E-state index in [4.69, 9.17) is 10.2 Å². The predicted molar refractivity (Wildman–Crippen MR) is 103 cm³/mol. The normalized spacial score (nSPS) is 11.9. The number of rotatable bonds is 6. The van der Waals surface area contributed by atoms with Crippen molar-refractivity contribution in [1.82, 2.24) is 4.57 Å². The molecule has 0 aliphatic heterocycles. The van der Waals surface area contributed by atoms with Crippen LogP contribution in [0.3, 0.4) is 0 Å². The molecule has 0 radical (unpaired) electrons. The fourth-order valence-electron chi connectivity index (χ4n) is 3.14. The van der Waals surface area contributed by atoms with Gasteiger partial charge in [-0.25, -0.2) is 9.18 Å². The summed E-state index contributed by atoms with van der Waals surface area (Å²) in [4.78, 5) is 23.2. The molecule has 0 bridgehead atoms. The number of nitrogens with two attached hydrogens (primary N) is 1. The van der Waals surface area contributed by atoms with Crippen LogP contribution in [0.15, 0.2) is 51.7 Å². The lowest BCUT2D eigenvalue weighted by atomic mass is 9.93. The number of carbonyl (C=O) groups excluding carboxylic acids is 1. The lowest BCUT2D eigenvalue weighted by molar-refractivity contribution is -0.118. The fourth-order valence-corrected chi connectivity index (χ4v) is 3.14. The van der Waals surface area contributed by atoms with Crippen molar-refractivity contribution in [1.29, 1.82) is 0 Å². The zero-order chi connectivity index (χ0) is 19.6. The summed E-state index contributed by atoms with van der Waals surface area (Å²) in [5.41, 5.74) is 9.63. The molecule has 0 unspecified atom stereocenters. The van der Waals surface area contributed by atoms with Gasteiger partial charge < -0.3 is 10.2 Å². The Kier molecular flexibility index (Phi) is 5.26. The van der Waals surface area contributed by atoms with Crippen LogP contribution in [0.1, 0.15) is 36.5 Å². The monoisotopic (exact) mass is 368 g/mol. The molecule has 0 aliphatic carbocycles. The number of hydrogen-bond acceptors (Lipinski definition) is 3. The van der Waals surface area contributed by atoms with Crippen LogP contribution in [0.4, 0.5) is 4.39 Å². The van der Waals surface area contributed by atoms with E-state index in [1.54, 1.807) is 18.2 Å². The second kappa shape index (κ2) is 7.61. The molecule has 0 aliphatic rings. The molecular weight excluding hydrogens is 347 g/mol. The first-order valence-electron chi connectivity index (χ1n) is 8.79. The van der Waals surface area contributed by atoms with Gasteiger partial charge in [0.25, 0.3) is 0 Å². The summed E-state index contributed by atoms with van der Waals surface area (Å²) in [7, 11) is 0. The Hall–Kier alpha value is -3.15. The maximum atomic E-state index is 13.5. The van der Waals surface area contributed by atoms with E-state index in [1.165, 1.54) is 16.7 Å². The highest BCUT2D eigenvalue weighted by atomic mass is 19.1. The largest absolute Gasteiger partial charge is 0.420 e. The van der Waals surface area contributed by atoms with E-state index in [9.17, 15) is 14.0 Å². The topological polar surface area (TPSA) is 78.2 Å². The van der Waals surface area contributed by atoms with Crippen molar-refractivity contribution in [2.24, 2.45) is 5.73 Å². The standard InChI is InChI=1S/C21H21FN2O3/c1-3-4-5-17(16-8-7-15(22)10-13(16)2)14-6-9-18-19(11-14)27-21(26)24(18)12-20(23)25/h5-11H,3-4,12H2,1-2H3,(H2,23,25)/b17-5-. The van der Waals surface area contributed by atoms with Crippen molar-refractivity contribution in [2.75, 3.05) is 0 Å². The molecule has 27 heavy (non-hydrogen) atoms. The molecule has 6 heteroatoms. The molecular formula is C21H21FN2O3. The number of allylic oxidation sites excluding steroid dienone is 1. The SMILES string of the molecule is CCC/C=C(/c1ccc2c(c1)oc(=O)n2CC(N)=O)c1ccc(F)cc1C. The van der Waals surface area contributed by atoms with Crippen LogP contribution < -0.4 is 11.5 Å². The summed E-state index contributed by atoms with van der Waals surface area (Å²) in [5, 5.41) is 0. The molecule has 0 spiro atoms. The molecule has 0 saturated carbocycles. The molecule has 0 atom stereocenters. The maximum Gasteiger partial charge on any atom is 0.420 e. The molecule has 1 aromatic heterocycles. The minimum Gasteiger partial charge on any atom is -0.408 e. The number of hydrogen-bond donors (Lipinski definition) is 1. The summed E-state index contributed by atoms with van der Waals surface area (Å²) in [6.07, 6.45) is 3.92. The van der Waals surface area contributed by atoms with Crippen LogP contribution in [0.2, 0.25) is 0 Å². The third kappa shape index (κ3) is 3.84. The second-order valence-electron chi connectivity index (χ2n) is 6.47. The summed E-state index contributed by atoms with van der Waals surface area (Å²) >= 11 is 0. The first-order valence-corrected chi connectivity index (χ1v) is 8.79. The van der Waals surface area contributed by atoms with Gasteiger partial charge in [0.15, 0.2) is 5.58 Å². The van der Waals surface area contributed by atoms with Crippen LogP contribution in [-0.4, -0.2) is 10.5 Å². The number of unbranched alkanes of at least 4 members (excludes halogenated alkanes) is 1. The second-order valence-corrected chi connectivity index (χ2v) is 6.47. The van der Waals surface area contributed by atoms with Crippen LogP contribution in [0.5, 0.6) is 0 Å². The smallest absolute Gasteiger partial charge is 0.408 e. The molecule has 2 aromatic carbocycles. The molecule has 1 heterocycles. The molecule has 3 rings (SSSR count). The van der Waals surface area contributed by atoms with Crippen molar-refractivity contribution in [3.63, 3.8) is 0 Å². The Morgan fingerprint density at radius 1 is 1.26 bits per heavy atom. The van der Waals surface area contributed by atoms with Gasteiger partial charge in [0.1, 0.15) is 12.4 Å². The number of nitrogens with zero attached hydrogens (tertiary/aromatic N) is 1. The average Bonchev–Trinajstić information content (AvgIpc) is 2.91. The van der Waals surface area contributed by atoms with E-state index in [1.807, 2.05) is 13.0 Å². The Morgan fingerprint density at radius 3 is 2.70 bits per heavy atom. The summed E-state index contributed by atoms with van der Waals surface area (Å²) in [6, 6.07) is 10.0. The average molecular weight is 368 g/mol. The van der Waals surface area contributed by atoms with E-state index in [-0.39, 0.29) is 12.4 Å². The summed E-state index contributed by atoms with van der Waals surface area (Å²) in [5.74, 6) is -1.52. The maximum absolute atomic E-state index is 13.5. The van der Waals surface area contributed by atoms with Crippen LogP contribution in [0, 0.1) is 12.7 Å². The number of amides is 1. The number of fused-ring (bicyclic) bond motifs is 1. The first-order chi connectivity index (χ1) is 12.9. The van der Waals surface area contributed by atoms with Gasteiger partial charge in [-0.15, -0.1) is 0 Å². The van der Waals surface area contributed by atoms with E-state index >= 15 is 0 Å². The van der Waals surface area contributed by atoms with Crippen LogP contribution in [-0.2, 0) is 11.3 Å². The highest BCUT2D eigenvalue weighted by molar-refractivity contribution is 5.87.